The zero-order chi connectivity index (χ0) is 13.1. The molecule has 1 atom stereocenters. The summed E-state index contributed by atoms with van der Waals surface area (Å²) in [7, 11) is 0. The quantitative estimate of drug-likeness (QED) is 0.698. The van der Waals surface area contributed by atoms with E-state index in [2.05, 4.69) is 15.6 Å². The van der Waals surface area contributed by atoms with Crippen molar-refractivity contribution < 1.29 is 19.5 Å². The van der Waals surface area contributed by atoms with Crippen LogP contribution in [-0.2, 0) is 9.59 Å². The average molecular weight is 249 g/mol. The number of hydrogen-bond donors (Lipinski definition) is 3. The van der Waals surface area contributed by atoms with Crippen LogP contribution < -0.4 is 10.6 Å². The van der Waals surface area contributed by atoms with Crippen molar-refractivity contribution in [3.8, 4) is 0 Å². The molecule has 2 rings (SSSR count). The van der Waals surface area contributed by atoms with Gasteiger partial charge in [-0.15, -0.1) is 0 Å². The summed E-state index contributed by atoms with van der Waals surface area (Å²) in [6.07, 6.45) is 2.04. The average Bonchev–Trinajstić information content (AvgIpc) is 2.76. The van der Waals surface area contributed by atoms with Gasteiger partial charge in [0, 0.05) is 12.6 Å². The van der Waals surface area contributed by atoms with Crippen molar-refractivity contribution in [1.82, 2.24) is 10.3 Å². The molecule has 0 spiro atoms. The van der Waals surface area contributed by atoms with Crippen LogP contribution in [0.1, 0.15) is 23.3 Å². The Morgan fingerprint density at radius 2 is 2.28 bits per heavy atom. The molecular weight excluding hydrogens is 238 g/mol. The number of amides is 2. The van der Waals surface area contributed by atoms with E-state index in [-0.39, 0.29) is 17.3 Å². The molecule has 94 valence electrons. The number of rotatable bonds is 3. The van der Waals surface area contributed by atoms with Gasteiger partial charge in [0.25, 0.3) is 0 Å². The van der Waals surface area contributed by atoms with Crippen LogP contribution in [0.5, 0.6) is 0 Å². The molecule has 7 nitrogen and oxygen atoms in total. The minimum atomic E-state index is -1.22. The van der Waals surface area contributed by atoms with Gasteiger partial charge in [0.1, 0.15) is 6.04 Å². The summed E-state index contributed by atoms with van der Waals surface area (Å²) < 4.78 is 0. The van der Waals surface area contributed by atoms with E-state index in [1.54, 1.807) is 0 Å². The molecule has 7 heteroatoms. The molecule has 18 heavy (non-hydrogen) atoms. The van der Waals surface area contributed by atoms with Crippen LogP contribution in [0.2, 0.25) is 0 Å². The number of carboxylic acids is 1. The molecule has 1 aromatic heterocycles. The summed E-state index contributed by atoms with van der Waals surface area (Å²) in [5.74, 6) is -1.84. The van der Waals surface area contributed by atoms with E-state index in [1.807, 2.05) is 0 Å². The number of nitrogens with one attached hydrogen (secondary N) is 2. The van der Waals surface area contributed by atoms with Crippen LogP contribution in [0.15, 0.2) is 18.3 Å². The second-order valence-electron chi connectivity index (χ2n) is 3.85. The lowest BCUT2D eigenvalue weighted by Gasteiger charge is -2.11. The Hall–Kier alpha value is -2.44. The molecule has 1 saturated heterocycles. The Balaban J connectivity index is 2.12. The van der Waals surface area contributed by atoms with Crippen molar-refractivity contribution in [2.45, 2.75) is 18.9 Å². The summed E-state index contributed by atoms with van der Waals surface area (Å²) in [5.41, 5.74) is -0.105. The molecule has 2 amide bonds. The second-order valence-corrected chi connectivity index (χ2v) is 3.85. The number of aromatic nitrogens is 1. The zero-order valence-corrected chi connectivity index (χ0v) is 9.34. The molecular formula is C11H11N3O4. The van der Waals surface area contributed by atoms with Gasteiger partial charge in [-0.05, 0) is 18.6 Å². The second kappa shape index (κ2) is 4.82. The maximum absolute atomic E-state index is 11.8. The molecule has 0 bridgehead atoms. The van der Waals surface area contributed by atoms with Crippen molar-refractivity contribution in [3.05, 3.63) is 24.0 Å². The first-order valence-corrected chi connectivity index (χ1v) is 5.36. The third-order valence-corrected chi connectivity index (χ3v) is 2.58. The van der Waals surface area contributed by atoms with Crippen LogP contribution in [0.3, 0.4) is 0 Å². The molecule has 0 unspecified atom stereocenters. The molecule has 1 fully saturated rings. The van der Waals surface area contributed by atoms with E-state index in [9.17, 15) is 14.4 Å². The number of anilines is 1. The number of pyridine rings is 1. The number of carbonyl (C=O) groups is 3. The number of carbonyl (C=O) groups excluding carboxylic acids is 2. The van der Waals surface area contributed by atoms with Gasteiger partial charge in [-0.3, -0.25) is 9.59 Å². The zero-order valence-electron chi connectivity index (χ0n) is 9.34. The maximum atomic E-state index is 11.8. The fourth-order valence-corrected chi connectivity index (χ4v) is 1.71. The molecule has 2 heterocycles. The minimum absolute atomic E-state index is 0.121. The first kappa shape index (κ1) is 12.0. The highest BCUT2D eigenvalue weighted by Gasteiger charge is 2.28. The van der Waals surface area contributed by atoms with E-state index in [0.717, 1.165) is 0 Å². The van der Waals surface area contributed by atoms with Gasteiger partial charge in [0.15, 0.2) is 5.69 Å². The van der Waals surface area contributed by atoms with Crippen molar-refractivity contribution in [2.75, 3.05) is 5.32 Å². The molecule has 1 aliphatic heterocycles. The van der Waals surface area contributed by atoms with Crippen LogP contribution in [0.4, 0.5) is 5.69 Å². The van der Waals surface area contributed by atoms with Crippen molar-refractivity contribution in [2.24, 2.45) is 0 Å². The summed E-state index contributed by atoms with van der Waals surface area (Å²) in [6.45, 7) is 0. The fraction of sp³-hybridized carbons (Fsp3) is 0.273. The Morgan fingerprint density at radius 1 is 1.50 bits per heavy atom. The first-order valence-electron chi connectivity index (χ1n) is 5.36. The highest BCUT2D eigenvalue weighted by molar-refractivity contribution is 6.02. The predicted octanol–water partition coefficient (Wildman–Crippen LogP) is -0.00310. The molecule has 0 aliphatic carbocycles. The first-order chi connectivity index (χ1) is 8.58. The van der Waals surface area contributed by atoms with Gasteiger partial charge < -0.3 is 15.7 Å². The topological polar surface area (TPSA) is 108 Å². The third-order valence-electron chi connectivity index (χ3n) is 2.58. The third kappa shape index (κ3) is 2.45. The number of nitrogens with zero attached hydrogens (tertiary/aromatic N) is 1. The monoisotopic (exact) mass is 249 g/mol. The van der Waals surface area contributed by atoms with E-state index < -0.39 is 17.9 Å². The highest BCUT2D eigenvalue weighted by Crippen LogP contribution is 2.14. The van der Waals surface area contributed by atoms with Gasteiger partial charge in [-0.2, -0.15) is 0 Å². The summed E-state index contributed by atoms with van der Waals surface area (Å²) in [4.78, 5) is 37.3. The number of hydrogen-bond acceptors (Lipinski definition) is 4. The van der Waals surface area contributed by atoms with Gasteiger partial charge >= 0.3 is 5.97 Å². The summed E-state index contributed by atoms with van der Waals surface area (Å²) >= 11 is 0. The van der Waals surface area contributed by atoms with E-state index in [0.29, 0.717) is 12.8 Å². The molecule has 0 radical (unpaired) electrons. The molecule has 0 saturated carbocycles. The van der Waals surface area contributed by atoms with Crippen molar-refractivity contribution in [3.63, 3.8) is 0 Å². The lowest BCUT2D eigenvalue weighted by atomic mass is 10.2. The lowest BCUT2D eigenvalue weighted by molar-refractivity contribution is -0.122. The molecule has 1 aromatic rings. The van der Waals surface area contributed by atoms with E-state index >= 15 is 0 Å². The Kier molecular flexibility index (Phi) is 3.22. The van der Waals surface area contributed by atoms with Crippen LogP contribution in [0.25, 0.3) is 0 Å². The van der Waals surface area contributed by atoms with Gasteiger partial charge in [0.05, 0.1) is 5.69 Å². The van der Waals surface area contributed by atoms with Crippen LogP contribution >= 0.6 is 0 Å². The number of aromatic carboxylic acids is 1. The van der Waals surface area contributed by atoms with Crippen LogP contribution in [0, 0.1) is 0 Å². The predicted molar refractivity (Wildman–Crippen MR) is 61.0 cm³/mol. The van der Waals surface area contributed by atoms with Gasteiger partial charge in [-0.1, -0.05) is 0 Å². The molecule has 1 aliphatic rings. The van der Waals surface area contributed by atoms with Gasteiger partial charge in [-0.25, -0.2) is 9.78 Å². The lowest BCUT2D eigenvalue weighted by Crippen LogP contribution is -2.37. The van der Waals surface area contributed by atoms with E-state index in [4.69, 9.17) is 5.11 Å². The Labute approximate surface area is 102 Å². The molecule has 0 aromatic carbocycles. The SMILES string of the molecule is O=C1CC[C@H](C(=O)Nc2cccnc2C(=O)O)N1. The fourth-order valence-electron chi connectivity index (χ4n) is 1.71. The highest BCUT2D eigenvalue weighted by atomic mass is 16.4. The largest absolute Gasteiger partial charge is 0.476 e. The summed E-state index contributed by atoms with van der Waals surface area (Å²) in [6, 6.07) is 2.36. The normalized spacial score (nSPS) is 18.2. The Bertz CT molecular complexity index is 515. The summed E-state index contributed by atoms with van der Waals surface area (Å²) in [5, 5.41) is 13.9. The standard InChI is InChI=1S/C11H11N3O4/c15-8-4-3-7(13-8)10(16)14-6-2-1-5-12-9(6)11(17)18/h1-2,5,7H,3-4H2,(H,13,15)(H,14,16)(H,17,18)/t7-/m1/s1. The van der Waals surface area contributed by atoms with Gasteiger partial charge in [0.2, 0.25) is 11.8 Å². The van der Waals surface area contributed by atoms with E-state index in [1.165, 1.54) is 18.3 Å². The number of carboxylic acid groups (broad SMARTS) is 1. The molecule has 3 N–H and O–H groups in total. The minimum Gasteiger partial charge on any atom is -0.476 e. The Morgan fingerprint density at radius 3 is 2.89 bits per heavy atom. The van der Waals surface area contributed by atoms with Crippen molar-refractivity contribution >= 4 is 23.5 Å². The van der Waals surface area contributed by atoms with Crippen LogP contribution in [-0.4, -0.2) is 33.9 Å². The maximum Gasteiger partial charge on any atom is 0.356 e. The smallest absolute Gasteiger partial charge is 0.356 e. The van der Waals surface area contributed by atoms with Crippen molar-refractivity contribution in [1.29, 1.82) is 0 Å².